The van der Waals surface area contributed by atoms with Crippen molar-refractivity contribution in [1.82, 2.24) is 0 Å². The van der Waals surface area contributed by atoms with Crippen molar-refractivity contribution in [3.05, 3.63) is 59.2 Å². The topological polar surface area (TPSA) is 29.5 Å². The van der Waals surface area contributed by atoms with E-state index in [9.17, 15) is 5.11 Å². The SMILES string of the molecule is COCC(O)c1ccc2c(c1)Cc1ccccc1-2. The van der Waals surface area contributed by atoms with E-state index in [4.69, 9.17) is 4.74 Å². The van der Waals surface area contributed by atoms with Crippen LogP contribution in [0.25, 0.3) is 11.1 Å². The van der Waals surface area contributed by atoms with E-state index in [0.29, 0.717) is 6.61 Å². The van der Waals surface area contributed by atoms with Crippen molar-refractivity contribution in [1.29, 1.82) is 0 Å². The van der Waals surface area contributed by atoms with Gasteiger partial charge in [-0.25, -0.2) is 0 Å². The molecular formula is C16H16O2. The summed E-state index contributed by atoms with van der Waals surface area (Å²) < 4.78 is 4.99. The molecule has 0 spiro atoms. The molecule has 1 aliphatic rings. The lowest BCUT2D eigenvalue weighted by atomic mass is 10.0. The minimum Gasteiger partial charge on any atom is -0.386 e. The fourth-order valence-electron chi connectivity index (χ4n) is 2.63. The fourth-order valence-corrected chi connectivity index (χ4v) is 2.63. The maximum atomic E-state index is 9.94. The second-order valence-electron chi connectivity index (χ2n) is 4.72. The molecule has 0 amide bonds. The summed E-state index contributed by atoms with van der Waals surface area (Å²) in [6.45, 7) is 0.339. The molecule has 0 aliphatic heterocycles. The number of ether oxygens (including phenoxy) is 1. The summed E-state index contributed by atoms with van der Waals surface area (Å²) >= 11 is 0. The van der Waals surface area contributed by atoms with E-state index in [2.05, 4.69) is 36.4 Å². The molecular weight excluding hydrogens is 224 g/mol. The van der Waals surface area contributed by atoms with Gasteiger partial charge in [0.2, 0.25) is 0 Å². The van der Waals surface area contributed by atoms with Crippen LogP contribution in [0.2, 0.25) is 0 Å². The molecule has 0 bridgehead atoms. The van der Waals surface area contributed by atoms with Gasteiger partial charge in [-0.3, -0.25) is 0 Å². The predicted molar refractivity (Wildman–Crippen MR) is 71.5 cm³/mol. The molecule has 0 saturated heterocycles. The molecule has 0 heterocycles. The highest BCUT2D eigenvalue weighted by molar-refractivity contribution is 5.76. The number of benzene rings is 2. The highest BCUT2D eigenvalue weighted by atomic mass is 16.5. The number of hydrogen-bond donors (Lipinski definition) is 1. The van der Waals surface area contributed by atoms with E-state index < -0.39 is 6.10 Å². The Morgan fingerprint density at radius 3 is 2.72 bits per heavy atom. The Kier molecular flexibility index (Phi) is 2.90. The van der Waals surface area contributed by atoms with E-state index in [1.54, 1.807) is 7.11 Å². The Morgan fingerprint density at radius 2 is 1.89 bits per heavy atom. The molecule has 1 N–H and O–H groups in total. The lowest BCUT2D eigenvalue weighted by molar-refractivity contribution is 0.0644. The Hall–Kier alpha value is -1.64. The van der Waals surface area contributed by atoms with Gasteiger partial charge in [-0.15, -0.1) is 0 Å². The Bertz CT molecular complexity index is 575. The number of aliphatic hydroxyl groups excluding tert-OH is 1. The third-order valence-corrected chi connectivity index (χ3v) is 3.53. The number of aliphatic hydroxyl groups is 1. The molecule has 3 rings (SSSR count). The number of fused-ring (bicyclic) bond motifs is 3. The first-order valence-electron chi connectivity index (χ1n) is 6.17. The molecule has 2 aromatic rings. The summed E-state index contributed by atoms with van der Waals surface area (Å²) in [4.78, 5) is 0. The zero-order valence-corrected chi connectivity index (χ0v) is 10.4. The monoisotopic (exact) mass is 240 g/mol. The van der Waals surface area contributed by atoms with Crippen molar-refractivity contribution in [2.24, 2.45) is 0 Å². The van der Waals surface area contributed by atoms with Crippen LogP contribution >= 0.6 is 0 Å². The summed E-state index contributed by atoms with van der Waals surface area (Å²) in [5.74, 6) is 0. The van der Waals surface area contributed by atoms with Crippen molar-refractivity contribution < 1.29 is 9.84 Å². The molecule has 18 heavy (non-hydrogen) atoms. The van der Waals surface area contributed by atoms with Gasteiger partial charge in [-0.1, -0.05) is 42.5 Å². The first-order valence-corrected chi connectivity index (χ1v) is 6.17. The van der Waals surface area contributed by atoms with Crippen LogP contribution < -0.4 is 0 Å². The summed E-state index contributed by atoms with van der Waals surface area (Å²) in [5.41, 5.74) is 6.21. The van der Waals surface area contributed by atoms with Gasteiger partial charge < -0.3 is 9.84 Å². The predicted octanol–water partition coefficient (Wildman–Crippen LogP) is 2.94. The van der Waals surface area contributed by atoms with Crippen LogP contribution in [0.1, 0.15) is 22.8 Å². The number of hydrogen-bond acceptors (Lipinski definition) is 2. The average Bonchev–Trinajstić information content (AvgIpc) is 2.76. The molecule has 0 saturated carbocycles. The number of rotatable bonds is 3. The van der Waals surface area contributed by atoms with Gasteiger partial charge in [-0.2, -0.15) is 0 Å². The third kappa shape index (κ3) is 1.84. The molecule has 0 radical (unpaired) electrons. The van der Waals surface area contributed by atoms with Gasteiger partial charge in [0.05, 0.1) is 6.61 Å². The lowest BCUT2D eigenvalue weighted by Crippen LogP contribution is -2.05. The zero-order chi connectivity index (χ0) is 12.5. The van der Waals surface area contributed by atoms with Crippen molar-refractivity contribution in [3.8, 4) is 11.1 Å². The van der Waals surface area contributed by atoms with E-state index >= 15 is 0 Å². The molecule has 1 aliphatic carbocycles. The molecule has 1 unspecified atom stereocenters. The van der Waals surface area contributed by atoms with Crippen molar-refractivity contribution >= 4 is 0 Å². The summed E-state index contributed by atoms with van der Waals surface area (Å²) in [7, 11) is 1.60. The maximum Gasteiger partial charge on any atom is 0.102 e. The van der Waals surface area contributed by atoms with Crippen LogP contribution in [0, 0.1) is 0 Å². The van der Waals surface area contributed by atoms with Crippen molar-refractivity contribution in [2.45, 2.75) is 12.5 Å². The quantitative estimate of drug-likeness (QED) is 0.762. The molecule has 1 atom stereocenters. The third-order valence-electron chi connectivity index (χ3n) is 3.53. The Balaban J connectivity index is 1.98. The van der Waals surface area contributed by atoms with Crippen LogP contribution in [0.3, 0.4) is 0 Å². The lowest BCUT2D eigenvalue weighted by Gasteiger charge is -2.11. The van der Waals surface area contributed by atoms with Gasteiger partial charge >= 0.3 is 0 Å². The summed E-state index contributed by atoms with van der Waals surface area (Å²) in [5, 5.41) is 9.94. The smallest absolute Gasteiger partial charge is 0.102 e. The summed E-state index contributed by atoms with van der Waals surface area (Å²) in [6.07, 6.45) is 0.419. The normalized spacial score (nSPS) is 14.1. The average molecular weight is 240 g/mol. The minimum atomic E-state index is -0.538. The van der Waals surface area contributed by atoms with Crippen LogP contribution in [-0.2, 0) is 11.2 Å². The molecule has 2 heteroatoms. The van der Waals surface area contributed by atoms with Crippen LogP contribution in [0.4, 0.5) is 0 Å². The van der Waals surface area contributed by atoms with Gasteiger partial charge in [0, 0.05) is 7.11 Å². The maximum absolute atomic E-state index is 9.94. The molecule has 0 aromatic heterocycles. The molecule has 2 nitrogen and oxygen atoms in total. The van der Waals surface area contributed by atoms with Gasteiger partial charge in [0.15, 0.2) is 0 Å². The van der Waals surface area contributed by atoms with Crippen LogP contribution in [0.15, 0.2) is 42.5 Å². The standard InChI is InChI=1S/C16H16O2/c1-18-10-16(17)12-6-7-15-13(9-12)8-11-4-2-3-5-14(11)15/h2-7,9,16-17H,8,10H2,1H3. The fraction of sp³-hybridized carbons (Fsp3) is 0.250. The Morgan fingerprint density at radius 1 is 1.11 bits per heavy atom. The first kappa shape index (κ1) is 11.5. The van der Waals surface area contributed by atoms with E-state index in [0.717, 1.165) is 12.0 Å². The summed E-state index contributed by atoms with van der Waals surface area (Å²) in [6, 6.07) is 14.7. The largest absolute Gasteiger partial charge is 0.386 e. The Labute approximate surface area is 107 Å². The minimum absolute atomic E-state index is 0.339. The van der Waals surface area contributed by atoms with Crippen molar-refractivity contribution in [2.75, 3.05) is 13.7 Å². The van der Waals surface area contributed by atoms with Crippen LogP contribution in [0.5, 0.6) is 0 Å². The first-order chi connectivity index (χ1) is 8.79. The molecule has 2 aromatic carbocycles. The van der Waals surface area contributed by atoms with Gasteiger partial charge in [-0.05, 0) is 34.2 Å². The highest BCUT2D eigenvalue weighted by Gasteiger charge is 2.19. The zero-order valence-electron chi connectivity index (χ0n) is 10.4. The molecule has 92 valence electrons. The highest BCUT2D eigenvalue weighted by Crippen LogP contribution is 2.37. The van der Waals surface area contributed by atoms with Gasteiger partial charge in [0.25, 0.3) is 0 Å². The van der Waals surface area contributed by atoms with E-state index in [1.165, 1.54) is 22.3 Å². The van der Waals surface area contributed by atoms with Crippen molar-refractivity contribution in [3.63, 3.8) is 0 Å². The second kappa shape index (κ2) is 4.56. The number of methoxy groups -OCH3 is 1. The van der Waals surface area contributed by atoms with E-state index in [1.807, 2.05) is 6.07 Å². The van der Waals surface area contributed by atoms with Gasteiger partial charge in [0.1, 0.15) is 6.10 Å². The second-order valence-corrected chi connectivity index (χ2v) is 4.72. The van der Waals surface area contributed by atoms with E-state index in [-0.39, 0.29) is 0 Å². The van der Waals surface area contributed by atoms with Crippen LogP contribution in [-0.4, -0.2) is 18.8 Å². The molecule has 0 fully saturated rings.